The number of hydrogen-bond acceptors (Lipinski definition) is 4. The van der Waals surface area contributed by atoms with Gasteiger partial charge in [0.15, 0.2) is 11.5 Å². The molecule has 2 aromatic rings. The van der Waals surface area contributed by atoms with Gasteiger partial charge in [0.05, 0.1) is 0 Å². The summed E-state index contributed by atoms with van der Waals surface area (Å²) in [4.78, 5) is 24.4. The van der Waals surface area contributed by atoms with Gasteiger partial charge in [-0.15, -0.1) is 0 Å². The predicted molar refractivity (Wildman–Crippen MR) is 98.7 cm³/mol. The minimum atomic E-state index is -0.720. The van der Waals surface area contributed by atoms with E-state index in [1.165, 1.54) is 0 Å². The van der Waals surface area contributed by atoms with Gasteiger partial charge < -0.3 is 20.1 Å². The minimum Gasteiger partial charge on any atom is -0.485 e. The lowest BCUT2D eigenvalue weighted by molar-refractivity contribution is -0.125. The number of ether oxygens (including phenoxy) is 2. The molecule has 2 N–H and O–H groups in total. The molecule has 26 heavy (non-hydrogen) atoms. The fourth-order valence-corrected chi connectivity index (χ4v) is 2.56. The zero-order valence-corrected chi connectivity index (χ0v) is 14.7. The van der Waals surface area contributed by atoms with Crippen LogP contribution in [0.2, 0.25) is 0 Å². The number of fused-ring (bicyclic) bond motifs is 1. The number of benzene rings is 2. The van der Waals surface area contributed by atoms with Crippen LogP contribution in [0.4, 0.5) is 5.69 Å². The number of unbranched alkanes of at least 4 members (excludes halogenated alkanes) is 1. The maximum Gasteiger partial charge on any atom is 0.269 e. The summed E-state index contributed by atoms with van der Waals surface area (Å²) in [5.41, 5.74) is 1.16. The summed E-state index contributed by atoms with van der Waals surface area (Å²) in [6, 6.07) is 14.0. The molecule has 1 atom stereocenters. The van der Waals surface area contributed by atoms with E-state index in [4.69, 9.17) is 9.47 Å². The molecule has 1 aliphatic heterocycles. The molecule has 0 fully saturated rings. The zero-order valence-electron chi connectivity index (χ0n) is 14.7. The highest BCUT2D eigenvalue weighted by Gasteiger charge is 2.27. The van der Waals surface area contributed by atoms with Gasteiger partial charge in [-0.2, -0.15) is 0 Å². The Bertz CT molecular complexity index is 774. The van der Waals surface area contributed by atoms with Gasteiger partial charge in [-0.25, -0.2) is 0 Å². The van der Waals surface area contributed by atoms with Crippen molar-refractivity contribution < 1.29 is 19.1 Å². The number of rotatable bonds is 6. The van der Waals surface area contributed by atoms with Gasteiger partial charge in [0.1, 0.15) is 6.61 Å². The number of amides is 2. The molecule has 6 nitrogen and oxygen atoms in total. The monoisotopic (exact) mass is 354 g/mol. The maximum absolute atomic E-state index is 12.4. The predicted octanol–water partition coefficient (Wildman–Crippen LogP) is 3.00. The molecular weight excluding hydrogens is 332 g/mol. The molecule has 0 bridgehead atoms. The van der Waals surface area contributed by atoms with Crippen LogP contribution < -0.4 is 20.1 Å². The molecule has 0 saturated heterocycles. The second-order valence-corrected chi connectivity index (χ2v) is 6.04. The van der Waals surface area contributed by atoms with Crippen molar-refractivity contribution in [3.8, 4) is 11.5 Å². The highest BCUT2D eigenvalue weighted by molar-refractivity contribution is 5.97. The van der Waals surface area contributed by atoms with Crippen molar-refractivity contribution in [1.82, 2.24) is 5.32 Å². The highest BCUT2D eigenvalue weighted by Crippen LogP contribution is 2.31. The van der Waals surface area contributed by atoms with Crippen LogP contribution in [0.15, 0.2) is 48.5 Å². The normalized spacial score (nSPS) is 15.2. The third kappa shape index (κ3) is 4.33. The molecule has 0 aliphatic carbocycles. The third-order valence-corrected chi connectivity index (χ3v) is 4.03. The Kier molecular flexibility index (Phi) is 5.73. The Balaban J connectivity index is 1.56. The summed E-state index contributed by atoms with van der Waals surface area (Å²) in [7, 11) is 0. The summed E-state index contributed by atoms with van der Waals surface area (Å²) >= 11 is 0. The van der Waals surface area contributed by atoms with Crippen LogP contribution in [0.3, 0.4) is 0 Å². The summed E-state index contributed by atoms with van der Waals surface area (Å²) in [6.07, 6.45) is 1.26. The van der Waals surface area contributed by atoms with E-state index < -0.39 is 6.10 Å². The van der Waals surface area contributed by atoms with Crippen LogP contribution in [0.5, 0.6) is 11.5 Å². The van der Waals surface area contributed by atoms with Crippen molar-refractivity contribution >= 4 is 17.5 Å². The van der Waals surface area contributed by atoms with Crippen LogP contribution in [-0.4, -0.2) is 31.1 Å². The molecule has 0 spiro atoms. The van der Waals surface area contributed by atoms with Crippen molar-refractivity contribution in [1.29, 1.82) is 0 Å². The van der Waals surface area contributed by atoms with E-state index in [1.54, 1.807) is 36.4 Å². The van der Waals surface area contributed by atoms with Gasteiger partial charge in [-0.1, -0.05) is 25.5 Å². The van der Waals surface area contributed by atoms with Crippen molar-refractivity contribution in [2.75, 3.05) is 18.5 Å². The van der Waals surface area contributed by atoms with E-state index in [1.807, 2.05) is 12.1 Å². The van der Waals surface area contributed by atoms with E-state index in [0.717, 1.165) is 12.8 Å². The number of anilines is 1. The molecular formula is C20H22N2O4. The summed E-state index contributed by atoms with van der Waals surface area (Å²) in [5, 5.41) is 5.64. The Morgan fingerprint density at radius 2 is 1.81 bits per heavy atom. The Morgan fingerprint density at radius 1 is 1.08 bits per heavy atom. The standard InChI is InChI=1S/C20H22N2O4/c1-2-3-12-21-19(23)14-8-10-15(11-9-14)22-20(24)18-13-25-16-6-4-5-7-17(16)26-18/h4-11,18H,2-3,12-13H2,1H3,(H,21,23)(H,22,24)/t18-/m0/s1. The zero-order chi connectivity index (χ0) is 18.4. The lowest BCUT2D eigenvalue weighted by Crippen LogP contribution is -2.40. The number of hydrogen-bond donors (Lipinski definition) is 2. The van der Waals surface area contributed by atoms with Crippen molar-refractivity contribution in [2.45, 2.75) is 25.9 Å². The van der Waals surface area contributed by atoms with E-state index in [-0.39, 0.29) is 18.4 Å². The second-order valence-electron chi connectivity index (χ2n) is 6.04. The van der Waals surface area contributed by atoms with E-state index in [0.29, 0.717) is 29.3 Å². The molecule has 2 amide bonds. The first-order valence-corrected chi connectivity index (χ1v) is 8.75. The average molecular weight is 354 g/mol. The fraction of sp³-hybridized carbons (Fsp3) is 0.300. The minimum absolute atomic E-state index is 0.114. The van der Waals surface area contributed by atoms with Crippen LogP contribution in [0, 0.1) is 0 Å². The topological polar surface area (TPSA) is 76.7 Å². The average Bonchev–Trinajstić information content (AvgIpc) is 2.68. The van der Waals surface area contributed by atoms with Gasteiger partial charge in [-0.05, 0) is 42.8 Å². The molecule has 0 saturated carbocycles. The summed E-state index contributed by atoms with van der Waals surface area (Å²) < 4.78 is 11.2. The van der Waals surface area contributed by atoms with Crippen LogP contribution in [0.1, 0.15) is 30.1 Å². The first-order valence-electron chi connectivity index (χ1n) is 8.75. The van der Waals surface area contributed by atoms with E-state index >= 15 is 0 Å². The molecule has 1 aliphatic rings. The Labute approximate surface area is 152 Å². The SMILES string of the molecule is CCCCNC(=O)c1ccc(NC(=O)[C@@H]2COc3ccccc3O2)cc1. The molecule has 6 heteroatoms. The first-order chi connectivity index (χ1) is 12.7. The van der Waals surface area contributed by atoms with Gasteiger partial charge in [0.2, 0.25) is 6.10 Å². The number of carbonyl (C=O) groups is 2. The number of nitrogens with one attached hydrogen (secondary N) is 2. The quantitative estimate of drug-likeness (QED) is 0.782. The Hall–Kier alpha value is -3.02. The van der Waals surface area contributed by atoms with Gasteiger partial charge in [-0.3, -0.25) is 9.59 Å². The molecule has 1 heterocycles. The van der Waals surface area contributed by atoms with Crippen molar-refractivity contribution in [3.05, 3.63) is 54.1 Å². The Morgan fingerprint density at radius 3 is 2.54 bits per heavy atom. The van der Waals surface area contributed by atoms with Crippen LogP contribution >= 0.6 is 0 Å². The van der Waals surface area contributed by atoms with Gasteiger partial charge in [0, 0.05) is 17.8 Å². The number of para-hydroxylation sites is 2. The smallest absolute Gasteiger partial charge is 0.269 e. The second kappa shape index (κ2) is 8.38. The van der Waals surface area contributed by atoms with Crippen LogP contribution in [0.25, 0.3) is 0 Å². The molecule has 0 radical (unpaired) electrons. The lowest BCUT2D eigenvalue weighted by Gasteiger charge is -2.25. The van der Waals surface area contributed by atoms with Crippen LogP contribution in [-0.2, 0) is 4.79 Å². The van der Waals surface area contributed by atoms with E-state index in [2.05, 4.69) is 17.6 Å². The number of carbonyl (C=O) groups excluding carboxylic acids is 2. The highest BCUT2D eigenvalue weighted by atomic mass is 16.6. The fourth-order valence-electron chi connectivity index (χ4n) is 2.56. The van der Waals surface area contributed by atoms with Gasteiger partial charge in [0.25, 0.3) is 11.8 Å². The molecule has 136 valence electrons. The lowest BCUT2D eigenvalue weighted by atomic mass is 10.2. The van der Waals surface area contributed by atoms with Crippen molar-refractivity contribution in [2.24, 2.45) is 0 Å². The molecule has 2 aromatic carbocycles. The summed E-state index contributed by atoms with van der Waals surface area (Å²) in [5.74, 6) is 0.782. The molecule has 0 aromatic heterocycles. The van der Waals surface area contributed by atoms with Gasteiger partial charge >= 0.3 is 0 Å². The largest absolute Gasteiger partial charge is 0.485 e. The van der Waals surface area contributed by atoms with E-state index in [9.17, 15) is 9.59 Å². The maximum atomic E-state index is 12.4. The van der Waals surface area contributed by atoms with Crippen molar-refractivity contribution in [3.63, 3.8) is 0 Å². The first kappa shape index (κ1) is 17.8. The molecule has 0 unspecified atom stereocenters. The third-order valence-electron chi connectivity index (χ3n) is 4.03. The molecule has 3 rings (SSSR count). The summed E-state index contributed by atoms with van der Waals surface area (Å²) in [6.45, 7) is 2.89.